The van der Waals surface area contributed by atoms with Crippen LogP contribution < -0.4 is 0 Å². The smallest absolute Gasteiger partial charge is 0.103 e. The monoisotopic (exact) mass is 359 g/mol. The van der Waals surface area contributed by atoms with E-state index >= 15 is 0 Å². The third-order valence-electron chi connectivity index (χ3n) is 5.91. The molecule has 0 saturated carbocycles. The van der Waals surface area contributed by atoms with Crippen molar-refractivity contribution in [3.05, 3.63) is 0 Å². The molecule has 0 spiro atoms. The summed E-state index contributed by atoms with van der Waals surface area (Å²) in [5, 5.41) is 30.7. The largest absolute Gasteiger partial charge is 0.393 e. The molecule has 6 heteroatoms. The Morgan fingerprint density at radius 3 is 1.92 bits per heavy atom. The summed E-state index contributed by atoms with van der Waals surface area (Å²) in [5.74, 6) is 0.296. The van der Waals surface area contributed by atoms with Gasteiger partial charge in [-0.25, -0.2) is 0 Å². The second kappa shape index (κ2) is 10.8. The second-order valence-electron chi connectivity index (χ2n) is 7.92. The fourth-order valence-corrected chi connectivity index (χ4v) is 3.46. The molecular weight excluding hydrogens is 318 g/mol. The third-order valence-corrected chi connectivity index (χ3v) is 5.91. The summed E-state index contributed by atoms with van der Waals surface area (Å²) in [5.41, 5.74) is -1.05. The molecule has 0 aliphatic carbocycles. The maximum atomic E-state index is 10.7. The molecule has 1 fully saturated rings. The van der Waals surface area contributed by atoms with E-state index in [2.05, 4.69) is 28.7 Å². The van der Waals surface area contributed by atoms with Crippen molar-refractivity contribution in [1.29, 1.82) is 0 Å². The van der Waals surface area contributed by atoms with Gasteiger partial charge in [0.1, 0.15) is 5.60 Å². The number of nitrogens with zero attached hydrogens (tertiary/aromatic N) is 3. The van der Waals surface area contributed by atoms with E-state index in [0.717, 1.165) is 52.2 Å². The summed E-state index contributed by atoms with van der Waals surface area (Å²) in [4.78, 5) is 7.03. The molecule has 0 aromatic carbocycles. The van der Waals surface area contributed by atoms with Gasteiger partial charge in [-0.05, 0) is 39.7 Å². The van der Waals surface area contributed by atoms with Crippen LogP contribution in [0.25, 0.3) is 0 Å². The Morgan fingerprint density at radius 2 is 1.44 bits per heavy atom. The van der Waals surface area contributed by atoms with Crippen molar-refractivity contribution in [1.82, 2.24) is 14.7 Å². The molecule has 4 unspecified atom stereocenters. The van der Waals surface area contributed by atoms with Crippen LogP contribution in [0.5, 0.6) is 0 Å². The Kier molecular flexibility index (Phi) is 9.85. The van der Waals surface area contributed by atoms with E-state index < -0.39 is 11.7 Å². The van der Waals surface area contributed by atoms with Gasteiger partial charge in [0.05, 0.1) is 12.2 Å². The van der Waals surface area contributed by atoms with Crippen molar-refractivity contribution in [2.24, 2.45) is 5.92 Å². The Morgan fingerprint density at radius 1 is 0.920 bits per heavy atom. The summed E-state index contributed by atoms with van der Waals surface area (Å²) in [7, 11) is 2.13. The fraction of sp³-hybridized carbons (Fsp3) is 1.00. The maximum Gasteiger partial charge on any atom is 0.103 e. The molecule has 1 aliphatic rings. The van der Waals surface area contributed by atoms with Gasteiger partial charge in [0.15, 0.2) is 0 Å². The van der Waals surface area contributed by atoms with Gasteiger partial charge in [-0.2, -0.15) is 0 Å². The minimum absolute atomic E-state index is 0.285. The van der Waals surface area contributed by atoms with Crippen molar-refractivity contribution in [2.75, 3.05) is 59.4 Å². The van der Waals surface area contributed by atoms with Gasteiger partial charge in [0.25, 0.3) is 0 Å². The fourth-order valence-electron chi connectivity index (χ4n) is 3.46. The number of hydrogen-bond donors (Lipinski definition) is 3. The molecule has 1 aliphatic heterocycles. The summed E-state index contributed by atoms with van der Waals surface area (Å²) in [6.07, 6.45) is 0.497. The molecule has 0 aromatic heterocycles. The average molecular weight is 360 g/mol. The van der Waals surface area contributed by atoms with Crippen LogP contribution in [0.3, 0.4) is 0 Å². The number of β-amino-alcohol motifs (C(OH)–C–C–N with tert-alkyl or cyclic N) is 1. The lowest BCUT2D eigenvalue weighted by Crippen LogP contribution is -2.52. The highest BCUT2D eigenvalue weighted by Crippen LogP contribution is 2.18. The molecule has 4 atom stereocenters. The second-order valence-corrected chi connectivity index (χ2v) is 7.92. The molecule has 1 heterocycles. The quantitative estimate of drug-likeness (QED) is 0.585. The van der Waals surface area contributed by atoms with Crippen molar-refractivity contribution in [2.45, 2.75) is 58.3 Å². The van der Waals surface area contributed by atoms with Crippen LogP contribution in [0, 0.1) is 5.92 Å². The molecule has 3 N–H and O–H groups in total. The zero-order valence-electron chi connectivity index (χ0n) is 17.0. The van der Waals surface area contributed by atoms with Crippen LogP contribution in [0.4, 0.5) is 0 Å². The van der Waals surface area contributed by atoms with E-state index in [1.807, 2.05) is 13.8 Å². The van der Waals surface area contributed by atoms with Crippen LogP contribution in [0.1, 0.15) is 40.5 Å². The third kappa shape index (κ3) is 7.49. The first-order chi connectivity index (χ1) is 11.7. The van der Waals surface area contributed by atoms with E-state index in [1.54, 1.807) is 6.92 Å². The highest BCUT2D eigenvalue weighted by molar-refractivity contribution is 4.87. The average Bonchev–Trinajstić information content (AvgIpc) is 2.64. The SMILES string of the molecule is CCC(CN1CCN(C)CCN(CC(O)(CC)C(C)O)CC1)C(C)O. The predicted molar refractivity (Wildman–Crippen MR) is 103 cm³/mol. The van der Waals surface area contributed by atoms with E-state index in [0.29, 0.717) is 18.9 Å². The minimum atomic E-state index is -1.05. The summed E-state index contributed by atoms with van der Waals surface area (Å²) >= 11 is 0. The van der Waals surface area contributed by atoms with E-state index in [-0.39, 0.29) is 6.10 Å². The minimum Gasteiger partial charge on any atom is -0.393 e. The highest BCUT2D eigenvalue weighted by atomic mass is 16.3. The molecule has 25 heavy (non-hydrogen) atoms. The van der Waals surface area contributed by atoms with Gasteiger partial charge in [-0.15, -0.1) is 0 Å². The van der Waals surface area contributed by atoms with E-state index in [1.165, 1.54) is 0 Å². The van der Waals surface area contributed by atoms with E-state index in [4.69, 9.17) is 0 Å². The van der Waals surface area contributed by atoms with Gasteiger partial charge >= 0.3 is 0 Å². The van der Waals surface area contributed by atoms with Crippen LogP contribution in [0.2, 0.25) is 0 Å². The summed E-state index contributed by atoms with van der Waals surface area (Å²) in [6.45, 7) is 14.7. The lowest BCUT2D eigenvalue weighted by molar-refractivity contribution is -0.0876. The van der Waals surface area contributed by atoms with Gasteiger partial charge in [-0.1, -0.05) is 13.8 Å². The first-order valence-electron chi connectivity index (χ1n) is 9.93. The highest BCUT2D eigenvalue weighted by Gasteiger charge is 2.33. The zero-order valence-corrected chi connectivity index (χ0v) is 17.0. The maximum absolute atomic E-state index is 10.7. The molecular formula is C19H41N3O3. The molecule has 0 aromatic rings. The molecule has 150 valence electrons. The first-order valence-corrected chi connectivity index (χ1v) is 9.93. The Bertz CT molecular complexity index is 368. The van der Waals surface area contributed by atoms with Crippen LogP contribution >= 0.6 is 0 Å². The molecule has 6 nitrogen and oxygen atoms in total. The number of aliphatic hydroxyl groups excluding tert-OH is 2. The zero-order chi connectivity index (χ0) is 19.0. The van der Waals surface area contributed by atoms with Crippen molar-refractivity contribution < 1.29 is 15.3 Å². The molecule has 1 rings (SSSR count). The first kappa shape index (κ1) is 22.8. The van der Waals surface area contributed by atoms with E-state index in [9.17, 15) is 15.3 Å². The topological polar surface area (TPSA) is 70.4 Å². The summed E-state index contributed by atoms with van der Waals surface area (Å²) in [6, 6.07) is 0. The predicted octanol–water partition coefficient (Wildman–Crippen LogP) is 0.465. The van der Waals surface area contributed by atoms with Gasteiger partial charge in [0.2, 0.25) is 0 Å². The Balaban J connectivity index is 2.74. The summed E-state index contributed by atoms with van der Waals surface area (Å²) < 4.78 is 0. The Labute approximate surface area is 154 Å². The molecule has 0 bridgehead atoms. The molecule has 1 saturated heterocycles. The number of aliphatic hydroxyl groups is 3. The van der Waals surface area contributed by atoms with Crippen LogP contribution in [0.15, 0.2) is 0 Å². The van der Waals surface area contributed by atoms with Gasteiger partial charge in [0, 0.05) is 52.4 Å². The van der Waals surface area contributed by atoms with Gasteiger partial charge < -0.3 is 25.1 Å². The van der Waals surface area contributed by atoms with Crippen LogP contribution in [-0.2, 0) is 0 Å². The van der Waals surface area contributed by atoms with Crippen LogP contribution in [-0.4, -0.2) is 107 Å². The standard InChI is InChI=1S/C19H41N3O3/c1-6-18(16(3)23)14-21-10-8-20(5)9-11-22(13-12-21)15-19(25,7-2)17(4)24/h16-18,23-25H,6-15H2,1-5H3. The lowest BCUT2D eigenvalue weighted by atomic mass is 9.94. The molecule has 0 amide bonds. The van der Waals surface area contributed by atoms with Crippen molar-refractivity contribution in [3.63, 3.8) is 0 Å². The normalized spacial score (nSPS) is 25.4. The Hall–Kier alpha value is -0.240. The van der Waals surface area contributed by atoms with Crippen molar-refractivity contribution >= 4 is 0 Å². The lowest BCUT2D eigenvalue weighted by Gasteiger charge is -2.36. The van der Waals surface area contributed by atoms with Crippen molar-refractivity contribution in [3.8, 4) is 0 Å². The van der Waals surface area contributed by atoms with Gasteiger partial charge in [-0.3, -0.25) is 4.90 Å². The number of likely N-dealkylation sites (N-methyl/N-ethyl adjacent to an activating group) is 1. The number of hydrogen-bond acceptors (Lipinski definition) is 6. The molecule has 0 radical (unpaired) electrons. The number of rotatable bonds is 8.